The van der Waals surface area contributed by atoms with E-state index in [9.17, 15) is 18.0 Å². The summed E-state index contributed by atoms with van der Waals surface area (Å²) in [4.78, 5) is 29.1. The number of carbonyl (C=O) groups is 2. The van der Waals surface area contributed by atoms with Crippen molar-refractivity contribution in [2.75, 3.05) is 51.8 Å². The molecule has 2 amide bonds. The van der Waals surface area contributed by atoms with Crippen LogP contribution in [0.2, 0.25) is 0 Å². The van der Waals surface area contributed by atoms with Gasteiger partial charge in [0.1, 0.15) is 11.4 Å². The molecule has 220 valence electrons. The second-order valence-corrected chi connectivity index (χ2v) is 13.0. The van der Waals surface area contributed by atoms with E-state index in [1.807, 2.05) is 45.0 Å². The Morgan fingerprint density at radius 2 is 1.65 bits per heavy atom. The molecule has 1 aliphatic rings. The molecule has 40 heavy (non-hydrogen) atoms. The van der Waals surface area contributed by atoms with Crippen molar-refractivity contribution in [1.82, 2.24) is 14.5 Å². The van der Waals surface area contributed by atoms with Crippen LogP contribution in [0.5, 0.6) is 5.75 Å². The molecule has 1 heterocycles. The highest BCUT2D eigenvalue weighted by atomic mass is 32.2. The highest BCUT2D eigenvalue weighted by Gasteiger charge is 2.27. The van der Waals surface area contributed by atoms with Crippen LogP contribution in [-0.2, 0) is 26.1 Å². The van der Waals surface area contributed by atoms with Crippen molar-refractivity contribution in [3.8, 4) is 5.75 Å². The number of carbonyl (C=O) groups excluding carboxylic acids is 2. The van der Waals surface area contributed by atoms with Gasteiger partial charge in [-0.25, -0.2) is 17.5 Å². The first-order valence-electron chi connectivity index (χ1n) is 13.4. The molecule has 1 aliphatic heterocycles. The summed E-state index contributed by atoms with van der Waals surface area (Å²) in [5.41, 5.74) is 2.63. The van der Waals surface area contributed by atoms with Crippen molar-refractivity contribution in [3.63, 3.8) is 0 Å². The summed E-state index contributed by atoms with van der Waals surface area (Å²) in [6.07, 6.45) is -0.257. The van der Waals surface area contributed by atoms with Gasteiger partial charge in [-0.15, -0.1) is 0 Å². The third-order valence-corrected chi connectivity index (χ3v) is 8.85. The molecule has 0 spiro atoms. The van der Waals surface area contributed by atoms with Crippen LogP contribution in [0.4, 0.5) is 10.5 Å². The standard InChI is InChI=1S/C29H42N4O6S/c1-21-17-25(38-7)18-22(2)27(21)40(36,37)31(6)12-11-26(34)30-20-23-9-8-10-24(19-23)32-13-15-33(16-14-32)28(35)39-29(3,4)5/h8-10,17-19H,11-16,20H2,1-7H3,(H,30,34). The fraction of sp³-hybridized carbons (Fsp3) is 0.517. The van der Waals surface area contributed by atoms with E-state index in [0.717, 1.165) is 11.3 Å². The molecule has 0 atom stereocenters. The van der Waals surface area contributed by atoms with Gasteiger partial charge in [0.2, 0.25) is 15.9 Å². The van der Waals surface area contributed by atoms with Crippen LogP contribution >= 0.6 is 0 Å². The first-order chi connectivity index (χ1) is 18.7. The van der Waals surface area contributed by atoms with Crippen LogP contribution in [-0.4, -0.2) is 82.1 Å². The predicted octanol–water partition coefficient (Wildman–Crippen LogP) is 3.70. The first-order valence-corrected chi connectivity index (χ1v) is 14.9. The summed E-state index contributed by atoms with van der Waals surface area (Å²) in [7, 11) is -0.741. The zero-order chi connectivity index (χ0) is 29.7. The number of anilines is 1. The minimum atomic E-state index is -3.76. The van der Waals surface area contributed by atoms with Crippen molar-refractivity contribution in [2.24, 2.45) is 0 Å². The lowest BCUT2D eigenvalue weighted by molar-refractivity contribution is -0.121. The summed E-state index contributed by atoms with van der Waals surface area (Å²) in [6, 6.07) is 11.3. The van der Waals surface area contributed by atoms with Crippen LogP contribution < -0.4 is 15.0 Å². The van der Waals surface area contributed by atoms with Crippen LogP contribution in [0.3, 0.4) is 0 Å². The van der Waals surface area contributed by atoms with E-state index in [0.29, 0.717) is 49.6 Å². The lowest BCUT2D eigenvalue weighted by Gasteiger charge is -2.36. The van der Waals surface area contributed by atoms with Crippen molar-refractivity contribution in [2.45, 2.75) is 58.1 Å². The van der Waals surface area contributed by atoms with Crippen LogP contribution in [0.15, 0.2) is 41.3 Å². The van der Waals surface area contributed by atoms with Gasteiger partial charge in [-0.05, 0) is 75.6 Å². The van der Waals surface area contributed by atoms with Gasteiger partial charge in [0, 0.05) is 58.4 Å². The third kappa shape index (κ3) is 8.11. The maximum absolute atomic E-state index is 13.2. The van der Waals surface area contributed by atoms with Gasteiger partial charge in [0.05, 0.1) is 12.0 Å². The van der Waals surface area contributed by atoms with E-state index in [4.69, 9.17) is 9.47 Å². The molecule has 2 aromatic carbocycles. The Labute approximate surface area is 238 Å². The normalized spacial score (nSPS) is 14.3. The Morgan fingerprint density at radius 1 is 1.02 bits per heavy atom. The number of amides is 2. The zero-order valence-corrected chi connectivity index (χ0v) is 25.4. The SMILES string of the molecule is COc1cc(C)c(S(=O)(=O)N(C)CCC(=O)NCc2cccc(N3CCN(C(=O)OC(C)(C)C)CC3)c2)c(C)c1. The molecule has 0 saturated carbocycles. The molecule has 10 nitrogen and oxygen atoms in total. The summed E-state index contributed by atoms with van der Waals surface area (Å²) in [5, 5.41) is 2.89. The highest BCUT2D eigenvalue weighted by molar-refractivity contribution is 7.89. The molecule has 0 bridgehead atoms. The largest absolute Gasteiger partial charge is 0.497 e. The van der Waals surface area contributed by atoms with E-state index in [1.54, 1.807) is 38.0 Å². The van der Waals surface area contributed by atoms with Gasteiger partial charge < -0.3 is 24.6 Å². The second kappa shape index (κ2) is 12.9. The molecule has 1 N–H and O–H groups in total. The van der Waals surface area contributed by atoms with Gasteiger partial charge in [0.15, 0.2) is 0 Å². The minimum absolute atomic E-state index is 0.0380. The Bertz CT molecular complexity index is 1290. The van der Waals surface area contributed by atoms with E-state index >= 15 is 0 Å². The number of piperazine rings is 1. The molecule has 11 heteroatoms. The topological polar surface area (TPSA) is 108 Å². The third-order valence-electron chi connectivity index (χ3n) is 6.69. The summed E-state index contributed by atoms with van der Waals surface area (Å²) < 4.78 is 38.3. The lowest BCUT2D eigenvalue weighted by atomic mass is 10.1. The Balaban J connectivity index is 1.51. The Morgan fingerprint density at radius 3 is 2.23 bits per heavy atom. The molecular weight excluding hydrogens is 532 g/mol. The van der Waals surface area contributed by atoms with Crippen molar-refractivity contribution >= 4 is 27.7 Å². The van der Waals surface area contributed by atoms with Gasteiger partial charge in [-0.3, -0.25) is 4.79 Å². The number of rotatable bonds is 9. The average Bonchev–Trinajstić information content (AvgIpc) is 2.89. The van der Waals surface area contributed by atoms with Crippen molar-refractivity contribution < 1.29 is 27.5 Å². The molecule has 1 fully saturated rings. The number of aryl methyl sites for hydroxylation is 2. The lowest BCUT2D eigenvalue weighted by Crippen LogP contribution is -2.50. The summed E-state index contributed by atoms with van der Waals surface area (Å²) in [5.74, 6) is 0.365. The molecule has 2 aromatic rings. The zero-order valence-electron chi connectivity index (χ0n) is 24.6. The number of nitrogens with zero attached hydrogens (tertiary/aromatic N) is 3. The van der Waals surface area contributed by atoms with Gasteiger partial charge in [-0.1, -0.05) is 12.1 Å². The molecular formula is C29H42N4O6S. The summed E-state index contributed by atoms with van der Waals surface area (Å²) >= 11 is 0. The number of benzene rings is 2. The number of methoxy groups -OCH3 is 1. The average molecular weight is 575 g/mol. The van der Waals surface area contributed by atoms with Gasteiger partial charge in [0.25, 0.3) is 0 Å². The van der Waals surface area contributed by atoms with E-state index in [2.05, 4.69) is 10.2 Å². The molecule has 3 rings (SSSR count). The molecule has 0 aliphatic carbocycles. The van der Waals surface area contributed by atoms with Gasteiger partial charge >= 0.3 is 6.09 Å². The van der Waals surface area contributed by atoms with Crippen molar-refractivity contribution in [1.29, 1.82) is 0 Å². The molecule has 0 aromatic heterocycles. The first kappa shape index (κ1) is 31.2. The predicted molar refractivity (Wildman–Crippen MR) is 155 cm³/mol. The van der Waals surface area contributed by atoms with Crippen LogP contribution in [0.1, 0.15) is 43.9 Å². The highest BCUT2D eigenvalue weighted by Crippen LogP contribution is 2.28. The van der Waals surface area contributed by atoms with Crippen LogP contribution in [0, 0.1) is 13.8 Å². The van der Waals surface area contributed by atoms with E-state index in [1.165, 1.54) is 11.4 Å². The molecule has 0 unspecified atom stereocenters. The van der Waals surface area contributed by atoms with E-state index < -0.39 is 15.6 Å². The van der Waals surface area contributed by atoms with E-state index in [-0.39, 0.29) is 29.9 Å². The summed E-state index contributed by atoms with van der Waals surface area (Å²) in [6.45, 7) is 11.9. The molecule has 0 radical (unpaired) electrons. The number of nitrogens with one attached hydrogen (secondary N) is 1. The maximum Gasteiger partial charge on any atom is 0.410 e. The molecule has 1 saturated heterocycles. The smallest absolute Gasteiger partial charge is 0.410 e. The number of hydrogen-bond acceptors (Lipinski definition) is 7. The maximum atomic E-state index is 13.2. The fourth-order valence-corrected chi connectivity index (χ4v) is 6.17. The number of sulfonamides is 1. The van der Waals surface area contributed by atoms with Crippen LogP contribution in [0.25, 0.3) is 0 Å². The Kier molecular flexibility index (Phi) is 10.1. The number of hydrogen-bond donors (Lipinski definition) is 1. The van der Waals surface area contributed by atoms with Crippen molar-refractivity contribution in [3.05, 3.63) is 53.1 Å². The fourth-order valence-electron chi connectivity index (χ4n) is 4.60. The second-order valence-electron chi connectivity index (χ2n) is 11.1. The minimum Gasteiger partial charge on any atom is -0.497 e. The number of ether oxygens (including phenoxy) is 2. The monoisotopic (exact) mass is 574 g/mol. The quantitative estimate of drug-likeness (QED) is 0.487. The van der Waals surface area contributed by atoms with Gasteiger partial charge in [-0.2, -0.15) is 0 Å². The Hall–Kier alpha value is -3.31.